The van der Waals surface area contributed by atoms with E-state index in [9.17, 15) is 0 Å². The number of hydrogen-bond acceptors (Lipinski definition) is 6. The van der Waals surface area contributed by atoms with Crippen molar-refractivity contribution in [1.82, 2.24) is 24.6 Å². The minimum Gasteiger partial charge on any atom is -0.353 e. The van der Waals surface area contributed by atoms with Crippen LogP contribution in [0.2, 0.25) is 0 Å². The summed E-state index contributed by atoms with van der Waals surface area (Å²) >= 11 is 0. The van der Waals surface area contributed by atoms with Gasteiger partial charge in [0.05, 0.1) is 11.9 Å². The van der Waals surface area contributed by atoms with Gasteiger partial charge in [0, 0.05) is 56.3 Å². The van der Waals surface area contributed by atoms with Gasteiger partial charge in [0.2, 0.25) is 5.95 Å². The van der Waals surface area contributed by atoms with Crippen molar-refractivity contribution in [3.05, 3.63) is 67.1 Å². The molecule has 3 aromatic heterocycles. The third kappa shape index (κ3) is 2.97. The summed E-state index contributed by atoms with van der Waals surface area (Å²) in [6, 6.07) is 16.2. The maximum atomic E-state index is 4.77. The van der Waals surface area contributed by atoms with Gasteiger partial charge >= 0.3 is 0 Å². The largest absolute Gasteiger partial charge is 0.353 e. The molecular formula is C20H19N7. The Hall–Kier alpha value is -3.48. The summed E-state index contributed by atoms with van der Waals surface area (Å²) in [6.45, 7) is 3.50. The van der Waals surface area contributed by atoms with Crippen LogP contribution >= 0.6 is 0 Å². The molecule has 1 aliphatic rings. The van der Waals surface area contributed by atoms with Crippen LogP contribution in [0.1, 0.15) is 0 Å². The lowest BCUT2D eigenvalue weighted by Crippen LogP contribution is -2.47. The molecule has 1 fully saturated rings. The number of hydrogen-bond donors (Lipinski definition) is 0. The molecule has 7 heteroatoms. The smallest absolute Gasteiger partial charge is 0.225 e. The van der Waals surface area contributed by atoms with Crippen LogP contribution in [-0.4, -0.2) is 50.7 Å². The summed E-state index contributed by atoms with van der Waals surface area (Å²) in [5, 5.41) is 4.48. The third-order valence-electron chi connectivity index (χ3n) is 4.85. The number of anilines is 2. The first-order valence-corrected chi connectivity index (χ1v) is 9.06. The first-order valence-electron chi connectivity index (χ1n) is 9.06. The van der Waals surface area contributed by atoms with Crippen molar-refractivity contribution in [2.24, 2.45) is 0 Å². The molecule has 0 amide bonds. The zero-order chi connectivity index (χ0) is 18.1. The maximum absolute atomic E-state index is 4.77. The maximum Gasteiger partial charge on any atom is 0.225 e. The first kappa shape index (κ1) is 15.7. The molecule has 27 heavy (non-hydrogen) atoms. The lowest BCUT2D eigenvalue weighted by molar-refractivity contribution is 0.627. The molecule has 0 spiro atoms. The van der Waals surface area contributed by atoms with E-state index < -0.39 is 0 Å². The molecule has 1 aliphatic heterocycles. The third-order valence-corrected chi connectivity index (χ3v) is 4.85. The molecular weight excluding hydrogens is 338 g/mol. The van der Waals surface area contributed by atoms with Crippen molar-refractivity contribution >= 4 is 17.4 Å². The highest BCUT2D eigenvalue weighted by atomic mass is 15.4. The lowest BCUT2D eigenvalue weighted by atomic mass is 10.1. The molecule has 0 N–H and O–H groups in total. The van der Waals surface area contributed by atoms with Crippen LogP contribution in [-0.2, 0) is 0 Å². The van der Waals surface area contributed by atoms with Gasteiger partial charge in [0.25, 0.3) is 0 Å². The molecule has 134 valence electrons. The Morgan fingerprint density at radius 1 is 0.741 bits per heavy atom. The highest BCUT2D eigenvalue weighted by molar-refractivity contribution is 5.67. The van der Waals surface area contributed by atoms with E-state index in [-0.39, 0.29) is 0 Å². The van der Waals surface area contributed by atoms with Crippen LogP contribution in [0.4, 0.5) is 11.8 Å². The fourth-order valence-electron chi connectivity index (χ4n) is 3.47. The molecule has 0 aliphatic carbocycles. The van der Waals surface area contributed by atoms with Crippen molar-refractivity contribution in [3.63, 3.8) is 0 Å². The van der Waals surface area contributed by atoms with Crippen molar-refractivity contribution < 1.29 is 0 Å². The topological polar surface area (TPSA) is 62.5 Å². The summed E-state index contributed by atoms with van der Waals surface area (Å²) in [5.74, 6) is 1.86. The summed E-state index contributed by atoms with van der Waals surface area (Å²) < 4.78 is 1.92. The summed E-state index contributed by atoms with van der Waals surface area (Å²) in [7, 11) is 0. The summed E-state index contributed by atoms with van der Waals surface area (Å²) in [6.07, 6.45) is 5.38. The highest BCUT2D eigenvalue weighted by Crippen LogP contribution is 2.25. The molecule has 1 aromatic carbocycles. The average molecular weight is 357 g/mol. The molecule has 0 bridgehead atoms. The zero-order valence-corrected chi connectivity index (χ0v) is 14.8. The van der Waals surface area contributed by atoms with E-state index in [4.69, 9.17) is 4.98 Å². The molecule has 4 heterocycles. The molecule has 0 unspecified atom stereocenters. The Bertz CT molecular complexity index is 1040. The van der Waals surface area contributed by atoms with Crippen molar-refractivity contribution in [2.75, 3.05) is 36.0 Å². The Kier molecular flexibility index (Phi) is 3.90. The molecule has 0 atom stereocenters. The van der Waals surface area contributed by atoms with Crippen LogP contribution in [0.15, 0.2) is 67.1 Å². The second kappa shape index (κ2) is 6.68. The number of nitrogens with zero attached hydrogens (tertiary/aromatic N) is 7. The van der Waals surface area contributed by atoms with Gasteiger partial charge < -0.3 is 9.80 Å². The fourth-order valence-corrected chi connectivity index (χ4v) is 3.47. The minimum atomic E-state index is 0.793. The Morgan fingerprint density at radius 3 is 2.26 bits per heavy atom. The summed E-state index contributed by atoms with van der Waals surface area (Å²) in [5.41, 5.74) is 2.94. The Labute approximate surface area is 156 Å². The minimum absolute atomic E-state index is 0.793. The monoisotopic (exact) mass is 357 g/mol. The SMILES string of the molecule is c1ccc(-c2cc(N3CCN(c4ncccn4)CC3)n3nccc3n2)cc1. The van der Waals surface area contributed by atoms with E-state index in [1.54, 1.807) is 18.6 Å². The van der Waals surface area contributed by atoms with Gasteiger partial charge in [-0.15, -0.1) is 0 Å². The van der Waals surface area contributed by atoms with Gasteiger partial charge in [0.15, 0.2) is 5.65 Å². The van der Waals surface area contributed by atoms with Gasteiger partial charge in [-0.05, 0) is 6.07 Å². The first-order chi connectivity index (χ1) is 13.4. The predicted molar refractivity (Wildman–Crippen MR) is 105 cm³/mol. The molecule has 1 saturated heterocycles. The van der Waals surface area contributed by atoms with Crippen molar-refractivity contribution in [2.45, 2.75) is 0 Å². The quantitative estimate of drug-likeness (QED) is 0.561. The number of piperazine rings is 1. The molecule has 4 aromatic rings. The average Bonchev–Trinajstić information content (AvgIpc) is 3.23. The standard InChI is InChI=1S/C20H19N7/c1-2-5-16(6-3-1)17-15-19(27-18(24-17)7-10-23-27)25-11-13-26(14-12-25)20-21-8-4-9-22-20/h1-10,15H,11-14H2. The fraction of sp³-hybridized carbons (Fsp3) is 0.200. The van der Waals surface area contributed by atoms with E-state index in [2.05, 4.69) is 43.1 Å². The Balaban J connectivity index is 1.46. The normalized spacial score (nSPS) is 14.7. The van der Waals surface area contributed by atoms with Crippen LogP contribution in [0.5, 0.6) is 0 Å². The lowest BCUT2D eigenvalue weighted by Gasteiger charge is -2.36. The second-order valence-electron chi connectivity index (χ2n) is 6.49. The predicted octanol–water partition coefficient (Wildman–Crippen LogP) is 2.51. The number of fused-ring (bicyclic) bond motifs is 1. The molecule has 0 radical (unpaired) electrons. The van der Waals surface area contributed by atoms with E-state index >= 15 is 0 Å². The zero-order valence-electron chi connectivity index (χ0n) is 14.8. The molecule has 5 rings (SSSR count). The number of rotatable bonds is 3. The van der Waals surface area contributed by atoms with Gasteiger partial charge in [0.1, 0.15) is 5.82 Å². The van der Waals surface area contributed by atoms with Crippen molar-refractivity contribution in [1.29, 1.82) is 0 Å². The van der Waals surface area contributed by atoms with Crippen LogP contribution < -0.4 is 9.80 Å². The van der Waals surface area contributed by atoms with E-state index in [1.165, 1.54) is 0 Å². The van der Waals surface area contributed by atoms with Crippen LogP contribution in [0, 0.1) is 0 Å². The molecule has 0 saturated carbocycles. The number of benzene rings is 1. The van der Waals surface area contributed by atoms with Crippen molar-refractivity contribution in [3.8, 4) is 11.3 Å². The van der Waals surface area contributed by atoms with E-state index in [0.29, 0.717) is 0 Å². The van der Waals surface area contributed by atoms with Gasteiger partial charge in [-0.25, -0.2) is 15.0 Å². The highest BCUT2D eigenvalue weighted by Gasteiger charge is 2.22. The van der Waals surface area contributed by atoms with Gasteiger partial charge in [-0.2, -0.15) is 9.61 Å². The van der Waals surface area contributed by atoms with Crippen LogP contribution in [0.3, 0.4) is 0 Å². The Morgan fingerprint density at radius 2 is 1.48 bits per heavy atom. The summed E-state index contributed by atoms with van der Waals surface area (Å²) in [4.78, 5) is 18.1. The van der Waals surface area contributed by atoms with Gasteiger partial charge in [-0.3, -0.25) is 0 Å². The molecule has 7 nitrogen and oxygen atoms in total. The van der Waals surface area contributed by atoms with Crippen LogP contribution in [0.25, 0.3) is 16.9 Å². The second-order valence-corrected chi connectivity index (χ2v) is 6.49. The van der Waals surface area contributed by atoms with Gasteiger partial charge in [-0.1, -0.05) is 30.3 Å². The number of aromatic nitrogens is 5. The van der Waals surface area contributed by atoms with E-state index in [0.717, 1.165) is 54.8 Å². The van der Waals surface area contributed by atoms with E-state index in [1.807, 2.05) is 34.8 Å².